The number of ether oxygens (including phenoxy) is 2. The van der Waals surface area contributed by atoms with Crippen molar-refractivity contribution in [3.63, 3.8) is 0 Å². The average molecular weight is 194 g/mol. The van der Waals surface area contributed by atoms with Crippen LogP contribution in [0.25, 0.3) is 0 Å². The lowest BCUT2D eigenvalue weighted by molar-refractivity contribution is -0.129. The molecule has 74 valence electrons. The highest BCUT2D eigenvalue weighted by Gasteiger charge is 2.06. The van der Waals surface area contributed by atoms with Gasteiger partial charge in [0.15, 0.2) is 11.5 Å². The highest BCUT2D eigenvalue weighted by molar-refractivity contribution is 5.83. The Hall–Kier alpha value is -1.97. The summed E-state index contributed by atoms with van der Waals surface area (Å²) < 4.78 is 9.59. The number of hydrogen-bond donors (Lipinski definition) is 1. The molecule has 1 aromatic carbocycles. The molecule has 0 aliphatic carbocycles. The van der Waals surface area contributed by atoms with Crippen LogP contribution in [0.5, 0.6) is 17.2 Å². The van der Waals surface area contributed by atoms with Crippen molar-refractivity contribution in [1.29, 1.82) is 0 Å². The first kappa shape index (κ1) is 10.1. The molecule has 0 aliphatic heterocycles. The third-order valence-electron chi connectivity index (χ3n) is 1.54. The van der Waals surface area contributed by atoms with Crippen LogP contribution < -0.4 is 9.47 Å². The molecule has 0 aliphatic rings. The van der Waals surface area contributed by atoms with Crippen LogP contribution in [-0.4, -0.2) is 18.2 Å². The summed E-state index contributed by atoms with van der Waals surface area (Å²) in [5, 5.41) is 9.38. The van der Waals surface area contributed by atoms with Crippen molar-refractivity contribution >= 4 is 5.97 Å². The van der Waals surface area contributed by atoms with E-state index in [0.29, 0.717) is 5.75 Å². The quantitative estimate of drug-likeness (QED) is 0.450. The molecule has 0 saturated carbocycles. The Kier molecular flexibility index (Phi) is 3.12. The number of carbonyl (C=O) groups excluding carboxylic acids is 1. The number of carbonyl (C=O) groups is 1. The van der Waals surface area contributed by atoms with Gasteiger partial charge in [0, 0.05) is 12.1 Å². The summed E-state index contributed by atoms with van der Waals surface area (Å²) in [5.74, 6) is -0.207. The Morgan fingerprint density at radius 3 is 2.79 bits per heavy atom. The van der Waals surface area contributed by atoms with Crippen LogP contribution in [0.4, 0.5) is 0 Å². The Labute approximate surface area is 81.4 Å². The van der Waals surface area contributed by atoms with Gasteiger partial charge < -0.3 is 14.6 Å². The first-order valence-electron chi connectivity index (χ1n) is 3.88. The van der Waals surface area contributed by atoms with Gasteiger partial charge in [-0.05, 0) is 12.1 Å². The number of phenols is 1. The van der Waals surface area contributed by atoms with Gasteiger partial charge in [-0.3, -0.25) is 0 Å². The summed E-state index contributed by atoms with van der Waals surface area (Å²) in [7, 11) is 1.48. The molecule has 4 nitrogen and oxygen atoms in total. The zero-order valence-electron chi connectivity index (χ0n) is 7.69. The minimum atomic E-state index is -0.620. The molecule has 0 heterocycles. The van der Waals surface area contributed by atoms with Crippen molar-refractivity contribution in [2.24, 2.45) is 0 Å². The van der Waals surface area contributed by atoms with Gasteiger partial charge in [-0.2, -0.15) is 0 Å². The van der Waals surface area contributed by atoms with Crippen LogP contribution >= 0.6 is 0 Å². The molecular formula is C10H10O4. The van der Waals surface area contributed by atoms with E-state index in [1.54, 1.807) is 6.07 Å². The SMILES string of the molecule is C=CC(=O)Oc1ccc(OC)cc1O. The number of methoxy groups -OCH3 is 1. The van der Waals surface area contributed by atoms with E-state index >= 15 is 0 Å². The van der Waals surface area contributed by atoms with E-state index in [1.165, 1.54) is 19.2 Å². The molecule has 0 aromatic heterocycles. The van der Waals surface area contributed by atoms with E-state index < -0.39 is 5.97 Å². The second-order valence-corrected chi connectivity index (χ2v) is 2.46. The zero-order valence-corrected chi connectivity index (χ0v) is 7.69. The first-order chi connectivity index (χ1) is 6.67. The Morgan fingerprint density at radius 1 is 1.57 bits per heavy atom. The fourth-order valence-electron chi connectivity index (χ4n) is 0.861. The Morgan fingerprint density at radius 2 is 2.29 bits per heavy atom. The second-order valence-electron chi connectivity index (χ2n) is 2.46. The monoisotopic (exact) mass is 194 g/mol. The molecule has 0 radical (unpaired) electrons. The van der Waals surface area contributed by atoms with Crippen LogP contribution in [0.15, 0.2) is 30.9 Å². The molecule has 1 aromatic rings. The molecule has 0 fully saturated rings. The molecule has 0 spiro atoms. The summed E-state index contributed by atoms with van der Waals surface area (Å²) in [6.07, 6.45) is 1.02. The molecular weight excluding hydrogens is 184 g/mol. The van der Waals surface area contributed by atoms with Crippen LogP contribution in [0.3, 0.4) is 0 Å². The van der Waals surface area contributed by atoms with Crippen LogP contribution in [0, 0.1) is 0 Å². The number of rotatable bonds is 3. The van der Waals surface area contributed by atoms with Crippen molar-refractivity contribution in [2.45, 2.75) is 0 Å². The van der Waals surface area contributed by atoms with E-state index in [1.807, 2.05) is 0 Å². The maximum Gasteiger partial charge on any atom is 0.335 e. The fourth-order valence-corrected chi connectivity index (χ4v) is 0.861. The standard InChI is InChI=1S/C10H10O4/c1-3-10(12)14-9-5-4-7(13-2)6-8(9)11/h3-6,11H,1H2,2H3. The van der Waals surface area contributed by atoms with E-state index in [9.17, 15) is 9.90 Å². The summed E-state index contributed by atoms with van der Waals surface area (Å²) in [4.78, 5) is 10.8. The van der Waals surface area contributed by atoms with Crippen molar-refractivity contribution in [1.82, 2.24) is 0 Å². The van der Waals surface area contributed by atoms with E-state index in [-0.39, 0.29) is 11.5 Å². The number of esters is 1. The van der Waals surface area contributed by atoms with E-state index in [0.717, 1.165) is 6.08 Å². The number of hydrogen-bond acceptors (Lipinski definition) is 4. The molecule has 0 unspecified atom stereocenters. The molecule has 0 atom stereocenters. The lowest BCUT2D eigenvalue weighted by Crippen LogP contribution is -2.03. The molecule has 1 rings (SSSR count). The van der Waals surface area contributed by atoms with E-state index in [2.05, 4.69) is 6.58 Å². The average Bonchev–Trinajstić information content (AvgIpc) is 2.20. The van der Waals surface area contributed by atoms with Crippen molar-refractivity contribution in [2.75, 3.05) is 7.11 Å². The molecule has 14 heavy (non-hydrogen) atoms. The lowest BCUT2D eigenvalue weighted by atomic mass is 10.3. The fraction of sp³-hybridized carbons (Fsp3) is 0.100. The highest BCUT2D eigenvalue weighted by Crippen LogP contribution is 2.29. The highest BCUT2D eigenvalue weighted by atomic mass is 16.5. The smallest absolute Gasteiger partial charge is 0.335 e. The van der Waals surface area contributed by atoms with Gasteiger partial charge in [0.1, 0.15) is 5.75 Å². The molecule has 4 heteroatoms. The summed E-state index contributed by atoms with van der Waals surface area (Å²) in [6, 6.07) is 4.37. The van der Waals surface area contributed by atoms with Gasteiger partial charge in [0.25, 0.3) is 0 Å². The molecule has 0 saturated heterocycles. The Balaban J connectivity index is 2.88. The van der Waals surface area contributed by atoms with Crippen molar-refractivity contribution in [3.05, 3.63) is 30.9 Å². The van der Waals surface area contributed by atoms with Gasteiger partial charge in [-0.25, -0.2) is 4.79 Å². The van der Waals surface area contributed by atoms with Crippen LogP contribution in [-0.2, 0) is 4.79 Å². The maximum atomic E-state index is 10.8. The second kappa shape index (κ2) is 4.32. The maximum absolute atomic E-state index is 10.8. The normalized spacial score (nSPS) is 9.21. The van der Waals surface area contributed by atoms with Gasteiger partial charge in [-0.15, -0.1) is 0 Å². The summed E-state index contributed by atoms with van der Waals surface area (Å²) in [5.41, 5.74) is 0. The molecule has 0 bridgehead atoms. The Bertz CT molecular complexity index is 357. The predicted octanol–water partition coefficient (Wildman–Crippen LogP) is 1.49. The predicted molar refractivity (Wildman–Crippen MR) is 50.5 cm³/mol. The minimum absolute atomic E-state index is 0.0794. The van der Waals surface area contributed by atoms with Crippen molar-refractivity contribution in [3.8, 4) is 17.2 Å². The van der Waals surface area contributed by atoms with Gasteiger partial charge in [0.2, 0.25) is 0 Å². The number of phenolic OH excluding ortho intramolecular Hbond substituents is 1. The third-order valence-corrected chi connectivity index (χ3v) is 1.54. The van der Waals surface area contributed by atoms with Crippen LogP contribution in [0.2, 0.25) is 0 Å². The number of aromatic hydroxyl groups is 1. The lowest BCUT2D eigenvalue weighted by Gasteiger charge is -2.05. The van der Waals surface area contributed by atoms with E-state index in [4.69, 9.17) is 9.47 Å². The van der Waals surface area contributed by atoms with Crippen molar-refractivity contribution < 1.29 is 19.4 Å². The van der Waals surface area contributed by atoms with Gasteiger partial charge in [-0.1, -0.05) is 6.58 Å². The van der Waals surface area contributed by atoms with Crippen LogP contribution in [0.1, 0.15) is 0 Å². The molecule has 0 amide bonds. The topological polar surface area (TPSA) is 55.8 Å². The summed E-state index contributed by atoms with van der Waals surface area (Å²) >= 11 is 0. The molecule has 1 N–H and O–H groups in total. The zero-order chi connectivity index (χ0) is 10.6. The third kappa shape index (κ3) is 2.26. The van der Waals surface area contributed by atoms with Gasteiger partial charge in [0.05, 0.1) is 7.11 Å². The number of benzene rings is 1. The summed E-state index contributed by atoms with van der Waals surface area (Å²) in [6.45, 7) is 3.24. The minimum Gasteiger partial charge on any atom is -0.504 e. The first-order valence-corrected chi connectivity index (χ1v) is 3.88. The van der Waals surface area contributed by atoms with Gasteiger partial charge >= 0.3 is 5.97 Å². The largest absolute Gasteiger partial charge is 0.504 e.